The number of aryl methyl sites for hydroxylation is 1. The van der Waals surface area contributed by atoms with E-state index in [4.69, 9.17) is 4.74 Å². The number of ether oxygens (including phenoxy) is 1. The number of carbonyl (C=O) groups is 2. The van der Waals surface area contributed by atoms with Gasteiger partial charge in [0.1, 0.15) is 11.1 Å². The van der Waals surface area contributed by atoms with Crippen molar-refractivity contribution in [1.82, 2.24) is 9.97 Å². The highest BCUT2D eigenvalue weighted by Crippen LogP contribution is 2.38. The van der Waals surface area contributed by atoms with E-state index in [1.807, 2.05) is 0 Å². The summed E-state index contributed by atoms with van der Waals surface area (Å²) >= 11 is 1.41. The fourth-order valence-electron chi connectivity index (χ4n) is 2.38. The molecule has 0 fully saturated rings. The van der Waals surface area contributed by atoms with Crippen molar-refractivity contribution in [2.24, 2.45) is 0 Å². The van der Waals surface area contributed by atoms with Gasteiger partial charge in [-0.1, -0.05) is 0 Å². The second-order valence-electron chi connectivity index (χ2n) is 4.89. The number of anilines is 1. The Labute approximate surface area is 135 Å². The molecule has 8 heteroatoms. The standard InChI is InChI=1S/C15H12N4O3S/c16-6-10-9-2-1-3-12(9)23-14(10)19-13(20)8-22-15(21)11-7-17-4-5-18-11/h4-5,7H,1-3,8H2,(H,19,20). The average molecular weight is 328 g/mol. The molecule has 0 saturated heterocycles. The molecule has 1 N–H and O–H groups in total. The van der Waals surface area contributed by atoms with Gasteiger partial charge in [-0.25, -0.2) is 9.78 Å². The lowest BCUT2D eigenvalue weighted by molar-refractivity contribution is -0.119. The van der Waals surface area contributed by atoms with Crippen LogP contribution in [0.2, 0.25) is 0 Å². The number of carbonyl (C=O) groups excluding carboxylic acids is 2. The quantitative estimate of drug-likeness (QED) is 0.856. The van der Waals surface area contributed by atoms with Crippen LogP contribution < -0.4 is 5.32 Å². The minimum Gasteiger partial charge on any atom is -0.451 e. The number of nitrogens with zero attached hydrogens (tertiary/aromatic N) is 3. The highest BCUT2D eigenvalue weighted by atomic mass is 32.1. The van der Waals surface area contributed by atoms with Gasteiger partial charge in [0.25, 0.3) is 5.91 Å². The molecule has 0 aliphatic heterocycles. The van der Waals surface area contributed by atoms with Crippen LogP contribution in [0.4, 0.5) is 5.00 Å². The molecule has 2 heterocycles. The van der Waals surface area contributed by atoms with E-state index in [1.165, 1.54) is 29.9 Å². The number of amides is 1. The molecule has 1 amide bonds. The molecular formula is C15H12N4O3S. The van der Waals surface area contributed by atoms with Crippen LogP contribution in [0, 0.1) is 11.3 Å². The van der Waals surface area contributed by atoms with Crippen molar-refractivity contribution < 1.29 is 14.3 Å². The van der Waals surface area contributed by atoms with E-state index in [0.717, 1.165) is 29.7 Å². The lowest BCUT2D eigenvalue weighted by Crippen LogP contribution is -2.21. The van der Waals surface area contributed by atoms with Gasteiger partial charge in [-0.05, 0) is 24.8 Å². The summed E-state index contributed by atoms with van der Waals surface area (Å²) < 4.78 is 4.88. The van der Waals surface area contributed by atoms with Gasteiger partial charge in [-0.15, -0.1) is 11.3 Å². The molecule has 2 aromatic heterocycles. The number of nitrogens with one attached hydrogen (secondary N) is 1. The van der Waals surface area contributed by atoms with Gasteiger partial charge in [-0.3, -0.25) is 9.78 Å². The Kier molecular flexibility index (Phi) is 4.30. The van der Waals surface area contributed by atoms with Gasteiger partial charge >= 0.3 is 5.97 Å². The van der Waals surface area contributed by atoms with E-state index < -0.39 is 18.5 Å². The molecule has 0 radical (unpaired) electrons. The fraction of sp³-hybridized carbons (Fsp3) is 0.267. The van der Waals surface area contributed by atoms with E-state index in [2.05, 4.69) is 21.4 Å². The maximum atomic E-state index is 11.9. The fourth-order valence-corrected chi connectivity index (χ4v) is 3.64. The number of aromatic nitrogens is 2. The molecule has 0 saturated carbocycles. The minimum absolute atomic E-state index is 0.0353. The van der Waals surface area contributed by atoms with E-state index >= 15 is 0 Å². The van der Waals surface area contributed by atoms with Gasteiger partial charge in [0.15, 0.2) is 12.3 Å². The van der Waals surface area contributed by atoms with Crippen molar-refractivity contribution in [3.63, 3.8) is 0 Å². The summed E-state index contributed by atoms with van der Waals surface area (Å²) in [6, 6.07) is 2.14. The summed E-state index contributed by atoms with van der Waals surface area (Å²) in [6.07, 6.45) is 6.90. The molecule has 23 heavy (non-hydrogen) atoms. The van der Waals surface area contributed by atoms with Crippen LogP contribution in [0.5, 0.6) is 0 Å². The Balaban J connectivity index is 1.60. The molecule has 3 rings (SSSR count). The van der Waals surface area contributed by atoms with Crippen LogP contribution in [0.1, 0.15) is 32.9 Å². The Bertz CT molecular complexity index is 795. The Morgan fingerprint density at radius 1 is 1.39 bits per heavy atom. The number of hydrogen-bond donors (Lipinski definition) is 1. The molecule has 0 aromatic carbocycles. The largest absolute Gasteiger partial charge is 0.451 e. The van der Waals surface area contributed by atoms with Crippen LogP contribution in [0.15, 0.2) is 18.6 Å². The predicted molar refractivity (Wildman–Crippen MR) is 82.0 cm³/mol. The number of esters is 1. The van der Waals surface area contributed by atoms with E-state index in [0.29, 0.717) is 10.6 Å². The molecule has 0 spiro atoms. The van der Waals surface area contributed by atoms with Gasteiger partial charge in [0, 0.05) is 17.3 Å². The lowest BCUT2D eigenvalue weighted by Gasteiger charge is -2.05. The lowest BCUT2D eigenvalue weighted by atomic mass is 10.1. The monoisotopic (exact) mass is 328 g/mol. The van der Waals surface area contributed by atoms with Crippen LogP contribution in [0.3, 0.4) is 0 Å². The summed E-state index contributed by atoms with van der Waals surface area (Å²) in [5.41, 5.74) is 1.59. The van der Waals surface area contributed by atoms with Gasteiger partial charge < -0.3 is 10.1 Å². The zero-order chi connectivity index (χ0) is 16.2. The van der Waals surface area contributed by atoms with Crippen molar-refractivity contribution >= 4 is 28.2 Å². The first-order valence-corrected chi connectivity index (χ1v) is 7.78. The predicted octanol–water partition coefficient (Wildman–Crippen LogP) is 1.69. The van der Waals surface area contributed by atoms with E-state index in [-0.39, 0.29) is 5.69 Å². The molecule has 1 aliphatic carbocycles. The van der Waals surface area contributed by atoms with Crippen molar-refractivity contribution in [3.05, 3.63) is 40.3 Å². The summed E-state index contributed by atoms with van der Waals surface area (Å²) in [7, 11) is 0. The van der Waals surface area contributed by atoms with Crippen molar-refractivity contribution in [2.75, 3.05) is 11.9 Å². The van der Waals surface area contributed by atoms with Gasteiger partial charge in [0.05, 0.1) is 11.8 Å². The second kappa shape index (κ2) is 6.54. The molecule has 116 valence electrons. The van der Waals surface area contributed by atoms with Crippen LogP contribution in [-0.4, -0.2) is 28.5 Å². The van der Waals surface area contributed by atoms with Crippen molar-refractivity contribution in [1.29, 1.82) is 5.26 Å². The first-order chi connectivity index (χ1) is 11.2. The highest BCUT2D eigenvalue weighted by Gasteiger charge is 2.23. The van der Waals surface area contributed by atoms with Crippen molar-refractivity contribution in [3.8, 4) is 6.07 Å². The maximum Gasteiger partial charge on any atom is 0.359 e. The highest BCUT2D eigenvalue weighted by molar-refractivity contribution is 7.16. The smallest absolute Gasteiger partial charge is 0.359 e. The Hall–Kier alpha value is -2.79. The maximum absolute atomic E-state index is 11.9. The number of nitriles is 1. The van der Waals surface area contributed by atoms with Gasteiger partial charge in [-0.2, -0.15) is 5.26 Å². The van der Waals surface area contributed by atoms with Crippen LogP contribution >= 0.6 is 11.3 Å². The summed E-state index contributed by atoms with van der Waals surface area (Å²) in [4.78, 5) is 32.3. The molecular weight excluding hydrogens is 316 g/mol. The van der Waals surface area contributed by atoms with E-state index in [1.54, 1.807) is 0 Å². The van der Waals surface area contributed by atoms with Crippen LogP contribution in [0.25, 0.3) is 0 Å². The number of hydrogen-bond acceptors (Lipinski definition) is 7. The zero-order valence-corrected chi connectivity index (χ0v) is 12.9. The average Bonchev–Trinajstić information content (AvgIpc) is 3.14. The Morgan fingerprint density at radius 3 is 3.00 bits per heavy atom. The first-order valence-electron chi connectivity index (χ1n) is 6.96. The SMILES string of the molecule is N#Cc1c(NC(=O)COC(=O)c2cnccn2)sc2c1CCC2. The Morgan fingerprint density at radius 2 is 2.26 bits per heavy atom. The molecule has 7 nitrogen and oxygen atoms in total. The zero-order valence-electron chi connectivity index (χ0n) is 12.0. The molecule has 0 atom stereocenters. The summed E-state index contributed by atoms with van der Waals surface area (Å²) in [5.74, 6) is -1.21. The van der Waals surface area contributed by atoms with Crippen LogP contribution in [-0.2, 0) is 22.4 Å². The summed E-state index contributed by atoms with van der Waals surface area (Å²) in [5, 5.41) is 12.4. The minimum atomic E-state index is -0.720. The molecule has 0 bridgehead atoms. The summed E-state index contributed by atoms with van der Waals surface area (Å²) in [6.45, 7) is -0.442. The first kappa shape index (κ1) is 15.1. The number of fused-ring (bicyclic) bond motifs is 1. The third-order valence-electron chi connectivity index (χ3n) is 3.39. The third kappa shape index (κ3) is 3.19. The third-order valence-corrected chi connectivity index (χ3v) is 4.60. The molecule has 1 aliphatic rings. The normalized spacial score (nSPS) is 12.3. The van der Waals surface area contributed by atoms with E-state index in [9.17, 15) is 14.9 Å². The van der Waals surface area contributed by atoms with Gasteiger partial charge in [0.2, 0.25) is 0 Å². The van der Waals surface area contributed by atoms with Crippen molar-refractivity contribution in [2.45, 2.75) is 19.3 Å². The topological polar surface area (TPSA) is 105 Å². The number of thiophene rings is 1. The number of rotatable bonds is 4. The second-order valence-corrected chi connectivity index (χ2v) is 5.99. The molecule has 0 unspecified atom stereocenters. The molecule has 2 aromatic rings.